The molecule has 0 unspecified atom stereocenters. The highest BCUT2D eigenvalue weighted by Gasteiger charge is 2.50. The number of aryl methyl sites for hydroxylation is 1. The van der Waals surface area contributed by atoms with Crippen molar-refractivity contribution in [3.8, 4) is 23.4 Å². The summed E-state index contributed by atoms with van der Waals surface area (Å²) in [5, 5.41) is 22.2. The molecule has 150 valence electrons. The van der Waals surface area contributed by atoms with E-state index in [4.69, 9.17) is 4.98 Å². The summed E-state index contributed by atoms with van der Waals surface area (Å²) in [5.74, 6) is 1.02. The maximum absolute atomic E-state index is 12.6. The average Bonchev–Trinajstić information content (AvgIpc) is 3.35. The van der Waals surface area contributed by atoms with Crippen LogP contribution in [-0.4, -0.2) is 35.5 Å². The van der Waals surface area contributed by atoms with E-state index in [9.17, 15) is 10.1 Å². The first-order valence-corrected chi connectivity index (χ1v) is 10.0. The van der Waals surface area contributed by atoms with Crippen LogP contribution in [-0.2, 0) is 23.7 Å². The molecule has 0 bridgehead atoms. The van der Waals surface area contributed by atoms with Gasteiger partial charge in [-0.15, -0.1) is 5.10 Å². The molecule has 5 rings (SSSR count). The molecule has 2 aliphatic carbocycles. The third-order valence-electron chi connectivity index (χ3n) is 6.52. The minimum atomic E-state index is -0.511. The molecule has 0 spiro atoms. The molecule has 2 heterocycles. The maximum atomic E-state index is 12.6. The van der Waals surface area contributed by atoms with Gasteiger partial charge in [0.05, 0.1) is 24.0 Å². The molecule has 8 heteroatoms. The zero-order valence-electron chi connectivity index (χ0n) is 17.1. The van der Waals surface area contributed by atoms with Crippen LogP contribution in [0.4, 0.5) is 0 Å². The van der Waals surface area contributed by atoms with Crippen molar-refractivity contribution >= 4 is 5.78 Å². The van der Waals surface area contributed by atoms with Crippen LogP contribution in [0.15, 0.2) is 42.0 Å². The van der Waals surface area contributed by atoms with Gasteiger partial charge in [-0.1, -0.05) is 55.4 Å². The van der Waals surface area contributed by atoms with Crippen LogP contribution in [0.25, 0.3) is 17.3 Å². The number of nitrogens with zero attached hydrogens (tertiary/aromatic N) is 7. The highest BCUT2D eigenvalue weighted by atomic mass is 16.1. The van der Waals surface area contributed by atoms with E-state index in [0.717, 1.165) is 35.6 Å². The summed E-state index contributed by atoms with van der Waals surface area (Å²) in [6.07, 6.45) is 3.40. The number of Topliss-reactive ketones (excluding diaryl/α,β-unsaturated/α-hetero) is 1. The van der Waals surface area contributed by atoms with Crippen molar-refractivity contribution in [2.24, 2.45) is 18.9 Å². The quantitative estimate of drug-likeness (QED) is 0.656. The van der Waals surface area contributed by atoms with Gasteiger partial charge in [-0.2, -0.15) is 10.1 Å². The van der Waals surface area contributed by atoms with E-state index in [2.05, 4.69) is 28.4 Å². The second kappa shape index (κ2) is 6.46. The Bertz CT molecular complexity index is 1230. The monoisotopic (exact) mass is 399 g/mol. The first-order valence-electron chi connectivity index (χ1n) is 10.0. The number of nitriles is 1. The topological polar surface area (TPSA) is 102 Å². The molecule has 0 saturated heterocycles. The van der Waals surface area contributed by atoms with Gasteiger partial charge in [0.15, 0.2) is 5.78 Å². The summed E-state index contributed by atoms with van der Waals surface area (Å²) in [5.41, 5.74) is 2.56. The minimum Gasteiger partial charge on any atom is -0.293 e. The van der Waals surface area contributed by atoms with E-state index in [1.807, 2.05) is 47.9 Å². The molecular weight excluding hydrogens is 378 g/mol. The van der Waals surface area contributed by atoms with Gasteiger partial charge >= 0.3 is 0 Å². The van der Waals surface area contributed by atoms with Crippen molar-refractivity contribution in [2.75, 3.05) is 0 Å². The summed E-state index contributed by atoms with van der Waals surface area (Å²) in [6, 6.07) is 12.0. The third kappa shape index (κ3) is 2.48. The summed E-state index contributed by atoms with van der Waals surface area (Å²) >= 11 is 0. The first kappa shape index (κ1) is 18.4. The number of fused-ring (bicyclic) bond motifs is 3. The molecule has 0 aliphatic heterocycles. The van der Waals surface area contributed by atoms with Crippen LogP contribution in [0.3, 0.4) is 0 Å². The number of rotatable bonds is 2. The fourth-order valence-corrected chi connectivity index (χ4v) is 5.07. The highest BCUT2D eigenvalue weighted by molar-refractivity contribution is 6.02. The predicted octanol–water partition coefficient (Wildman–Crippen LogP) is 2.55. The Morgan fingerprint density at radius 1 is 1.27 bits per heavy atom. The van der Waals surface area contributed by atoms with Crippen molar-refractivity contribution in [2.45, 2.75) is 32.1 Å². The Morgan fingerprint density at radius 3 is 2.70 bits per heavy atom. The molecule has 3 aromatic rings. The molecule has 30 heavy (non-hydrogen) atoms. The van der Waals surface area contributed by atoms with Gasteiger partial charge in [-0.25, -0.2) is 4.98 Å². The summed E-state index contributed by atoms with van der Waals surface area (Å²) in [4.78, 5) is 19.1. The van der Waals surface area contributed by atoms with E-state index in [-0.39, 0.29) is 23.2 Å². The Hall–Kier alpha value is -3.60. The fourth-order valence-electron chi connectivity index (χ4n) is 5.07. The fraction of sp³-hybridized carbons (Fsp3) is 0.364. The van der Waals surface area contributed by atoms with Crippen LogP contribution >= 0.6 is 0 Å². The number of hydrogen-bond donors (Lipinski definition) is 0. The Kier molecular flexibility index (Phi) is 3.97. The number of carbonyl (C=O) groups excluding carboxylic acids is 1. The van der Waals surface area contributed by atoms with Gasteiger partial charge in [0.2, 0.25) is 0 Å². The van der Waals surface area contributed by atoms with Crippen LogP contribution in [0.2, 0.25) is 0 Å². The minimum absolute atomic E-state index is 0.0678. The lowest BCUT2D eigenvalue weighted by Crippen LogP contribution is -2.45. The number of carbonyl (C=O) groups is 1. The van der Waals surface area contributed by atoms with Crippen LogP contribution < -0.4 is 0 Å². The molecule has 2 aliphatic rings. The molecule has 8 nitrogen and oxygen atoms in total. The van der Waals surface area contributed by atoms with E-state index in [1.54, 1.807) is 7.05 Å². The largest absolute Gasteiger partial charge is 0.293 e. The molecule has 3 atom stereocenters. The molecule has 2 aromatic heterocycles. The predicted molar refractivity (Wildman–Crippen MR) is 108 cm³/mol. The second-order valence-electron chi connectivity index (χ2n) is 8.26. The van der Waals surface area contributed by atoms with E-state index in [0.29, 0.717) is 5.95 Å². The standard InChI is InChI=1S/C22H21N7O/c1-13-16-9-10-17-19(22(16,2)11-15(12-23)18(13)30)24-20(14-7-5-4-6-8-14)29(17)21-25-27-28(3)26-21/h4-8,11,13,16H,9-10H2,1-3H3/t13-,16-,22-/m1/s1. The normalized spacial score (nSPS) is 25.3. The van der Waals surface area contributed by atoms with Crippen LogP contribution in [0.5, 0.6) is 0 Å². The molecule has 0 fully saturated rings. The molecule has 0 saturated carbocycles. The average molecular weight is 399 g/mol. The Balaban J connectivity index is 1.80. The maximum Gasteiger partial charge on any atom is 0.276 e. The van der Waals surface area contributed by atoms with Gasteiger partial charge in [-0.3, -0.25) is 9.36 Å². The van der Waals surface area contributed by atoms with E-state index in [1.165, 1.54) is 4.80 Å². The summed E-state index contributed by atoms with van der Waals surface area (Å²) in [6.45, 7) is 4.02. The number of aromatic nitrogens is 6. The zero-order chi connectivity index (χ0) is 21.0. The molecule has 0 amide bonds. The van der Waals surface area contributed by atoms with Crippen molar-refractivity contribution in [3.05, 3.63) is 53.4 Å². The lowest BCUT2D eigenvalue weighted by molar-refractivity contribution is -0.121. The summed E-state index contributed by atoms with van der Waals surface area (Å²) < 4.78 is 1.97. The smallest absolute Gasteiger partial charge is 0.276 e. The van der Waals surface area contributed by atoms with Crippen molar-refractivity contribution < 1.29 is 4.79 Å². The molecular formula is C22H21N7O. The van der Waals surface area contributed by atoms with Gasteiger partial charge < -0.3 is 0 Å². The molecule has 1 aromatic carbocycles. The second-order valence-corrected chi connectivity index (χ2v) is 8.26. The number of benzene rings is 1. The Labute approximate surface area is 173 Å². The van der Waals surface area contributed by atoms with Gasteiger partial charge in [0.25, 0.3) is 5.95 Å². The van der Waals surface area contributed by atoms with Crippen molar-refractivity contribution in [3.63, 3.8) is 0 Å². The first-order chi connectivity index (χ1) is 14.4. The third-order valence-corrected chi connectivity index (χ3v) is 6.52. The van der Waals surface area contributed by atoms with Gasteiger partial charge in [0.1, 0.15) is 11.9 Å². The summed E-state index contributed by atoms with van der Waals surface area (Å²) in [7, 11) is 1.73. The lowest BCUT2D eigenvalue weighted by atomic mass is 9.58. The number of imidazole rings is 1. The SMILES string of the molecule is C[C@H]1C(=O)C(C#N)=C[C@@]2(C)c3nc(-c4ccccc4)n(-c4nnn(C)n4)c3CC[C@H]12. The van der Waals surface area contributed by atoms with E-state index >= 15 is 0 Å². The van der Waals surface area contributed by atoms with E-state index < -0.39 is 5.41 Å². The van der Waals surface area contributed by atoms with Crippen molar-refractivity contribution in [1.29, 1.82) is 5.26 Å². The number of allylic oxidation sites excluding steroid dienone is 2. The zero-order valence-corrected chi connectivity index (χ0v) is 17.1. The van der Waals surface area contributed by atoms with Crippen LogP contribution in [0, 0.1) is 23.2 Å². The van der Waals surface area contributed by atoms with Crippen LogP contribution in [0.1, 0.15) is 31.7 Å². The van der Waals surface area contributed by atoms with Gasteiger partial charge in [0, 0.05) is 16.9 Å². The molecule has 0 radical (unpaired) electrons. The van der Waals surface area contributed by atoms with Gasteiger partial charge in [-0.05, 0) is 24.0 Å². The molecule has 0 N–H and O–H groups in total. The number of hydrogen-bond acceptors (Lipinski definition) is 6. The number of tetrazole rings is 1. The number of ketones is 1. The van der Waals surface area contributed by atoms with Crippen molar-refractivity contribution in [1.82, 2.24) is 29.8 Å². The highest BCUT2D eigenvalue weighted by Crippen LogP contribution is 2.50. The Morgan fingerprint density at radius 2 is 2.03 bits per heavy atom. The lowest BCUT2D eigenvalue weighted by Gasteiger charge is -2.44.